The predicted octanol–water partition coefficient (Wildman–Crippen LogP) is 4.36. The van der Waals surface area contributed by atoms with E-state index in [1.54, 1.807) is 0 Å². The molecule has 1 aromatic rings. The maximum absolute atomic E-state index is 4.69. The number of hydrogen-bond acceptors (Lipinski definition) is 3. The van der Waals surface area contributed by atoms with Gasteiger partial charge < -0.3 is 10.2 Å². The Morgan fingerprint density at radius 3 is 2.86 bits per heavy atom. The lowest BCUT2D eigenvalue weighted by Crippen LogP contribution is -2.35. The largest absolute Gasteiger partial charge is 0.356 e. The smallest absolute Gasteiger partial charge is 0.133 e. The summed E-state index contributed by atoms with van der Waals surface area (Å²) >= 11 is 3.55. The molecule has 0 spiro atoms. The van der Waals surface area contributed by atoms with Gasteiger partial charge in [0.1, 0.15) is 5.82 Å². The molecule has 0 radical (unpaired) electrons. The minimum absolute atomic E-state index is 0.120. The first-order valence-corrected chi connectivity index (χ1v) is 8.82. The maximum Gasteiger partial charge on any atom is 0.133 e. The van der Waals surface area contributed by atoms with Crippen LogP contribution in [-0.2, 0) is 6.54 Å². The third kappa shape index (κ3) is 4.96. The van der Waals surface area contributed by atoms with Crippen LogP contribution in [0.15, 0.2) is 16.7 Å². The summed E-state index contributed by atoms with van der Waals surface area (Å²) < 4.78 is 1.06. The van der Waals surface area contributed by atoms with Crippen molar-refractivity contribution in [1.82, 2.24) is 10.3 Å². The molecule has 2 heterocycles. The van der Waals surface area contributed by atoms with Gasteiger partial charge in [0.25, 0.3) is 0 Å². The Bertz CT molecular complexity index is 468. The summed E-state index contributed by atoms with van der Waals surface area (Å²) in [6.45, 7) is 12.0. The molecule has 1 atom stereocenters. The number of pyridine rings is 1. The van der Waals surface area contributed by atoms with Crippen molar-refractivity contribution < 1.29 is 0 Å². The van der Waals surface area contributed by atoms with Gasteiger partial charge in [-0.05, 0) is 61.5 Å². The molecule has 1 unspecified atom stereocenters. The van der Waals surface area contributed by atoms with Gasteiger partial charge in [0.2, 0.25) is 0 Å². The molecule has 0 saturated carbocycles. The number of aromatic nitrogens is 1. The van der Waals surface area contributed by atoms with E-state index in [1.807, 2.05) is 6.20 Å². The fourth-order valence-corrected chi connectivity index (χ4v) is 3.30. The fraction of sp³-hybridized carbons (Fsp3) is 0.706. The topological polar surface area (TPSA) is 28.2 Å². The van der Waals surface area contributed by atoms with E-state index in [0.29, 0.717) is 0 Å². The summed E-state index contributed by atoms with van der Waals surface area (Å²) in [5.41, 5.74) is 1.41. The monoisotopic (exact) mass is 353 g/mol. The molecule has 3 nitrogen and oxygen atoms in total. The van der Waals surface area contributed by atoms with Crippen molar-refractivity contribution in [1.29, 1.82) is 0 Å². The number of anilines is 1. The van der Waals surface area contributed by atoms with Crippen molar-refractivity contribution in [2.45, 2.75) is 59.0 Å². The van der Waals surface area contributed by atoms with E-state index in [2.05, 4.69) is 59.9 Å². The molecule has 0 aliphatic carbocycles. The lowest BCUT2D eigenvalue weighted by Gasteiger charge is -2.25. The van der Waals surface area contributed by atoms with Crippen LogP contribution in [0, 0.1) is 5.92 Å². The molecule has 1 saturated heterocycles. The summed E-state index contributed by atoms with van der Waals surface area (Å²) in [5, 5.41) is 3.58. The van der Waals surface area contributed by atoms with E-state index in [9.17, 15) is 0 Å². The van der Waals surface area contributed by atoms with E-state index >= 15 is 0 Å². The van der Waals surface area contributed by atoms with E-state index in [4.69, 9.17) is 4.98 Å². The summed E-state index contributed by atoms with van der Waals surface area (Å²) in [7, 11) is 0. The van der Waals surface area contributed by atoms with Crippen LogP contribution in [0.2, 0.25) is 0 Å². The van der Waals surface area contributed by atoms with Crippen LogP contribution in [0.25, 0.3) is 0 Å². The molecule has 1 aliphatic heterocycles. The van der Waals surface area contributed by atoms with E-state index in [0.717, 1.165) is 35.8 Å². The van der Waals surface area contributed by atoms with Gasteiger partial charge in [-0.2, -0.15) is 0 Å². The van der Waals surface area contributed by atoms with E-state index in [-0.39, 0.29) is 5.54 Å². The van der Waals surface area contributed by atoms with Gasteiger partial charge in [-0.25, -0.2) is 4.98 Å². The number of halogens is 1. The number of rotatable bonds is 5. The van der Waals surface area contributed by atoms with Crippen LogP contribution in [0.5, 0.6) is 0 Å². The number of nitrogens with one attached hydrogen (secondary N) is 1. The van der Waals surface area contributed by atoms with Crippen molar-refractivity contribution in [2.24, 2.45) is 5.92 Å². The number of hydrogen-bond donors (Lipinski definition) is 1. The molecule has 1 fully saturated rings. The van der Waals surface area contributed by atoms with Crippen molar-refractivity contribution in [2.75, 3.05) is 18.0 Å². The van der Waals surface area contributed by atoms with Gasteiger partial charge in [0.15, 0.2) is 0 Å². The molecule has 0 amide bonds. The highest BCUT2D eigenvalue weighted by Crippen LogP contribution is 2.29. The Hall–Kier alpha value is -0.610. The van der Waals surface area contributed by atoms with Crippen LogP contribution >= 0.6 is 15.9 Å². The Labute approximate surface area is 137 Å². The predicted molar refractivity (Wildman–Crippen MR) is 93.8 cm³/mol. The summed E-state index contributed by atoms with van der Waals surface area (Å²) in [6, 6.07) is 2.20. The van der Waals surface area contributed by atoms with Crippen LogP contribution in [0.3, 0.4) is 0 Å². The van der Waals surface area contributed by atoms with Crippen LogP contribution in [-0.4, -0.2) is 23.6 Å². The Balaban J connectivity index is 2.12. The maximum atomic E-state index is 4.69. The highest BCUT2D eigenvalue weighted by atomic mass is 79.9. The standard InChI is InChI=1S/C17H28BrN3/c1-5-6-13-7-8-21(12-13)16-14(9-15(18)11-19-16)10-20-17(2,3)4/h9,11,13,20H,5-8,10,12H2,1-4H3. The second-order valence-electron chi connectivity index (χ2n) is 7.13. The zero-order valence-electron chi connectivity index (χ0n) is 13.7. The minimum Gasteiger partial charge on any atom is -0.356 e. The van der Waals surface area contributed by atoms with E-state index < -0.39 is 0 Å². The zero-order valence-corrected chi connectivity index (χ0v) is 15.3. The van der Waals surface area contributed by atoms with Crippen molar-refractivity contribution in [3.8, 4) is 0 Å². The average molecular weight is 354 g/mol. The molecule has 0 aromatic carbocycles. The van der Waals surface area contributed by atoms with Gasteiger partial charge in [-0.1, -0.05) is 13.3 Å². The highest BCUT2D eigenvalue weighted by Gasteiger charge is 2.24. The molecule has 2 rings (SSSR count). The average Bonchev–Trinajstić information content (AvgIpc) is 2.84. The first-order valence-electron chi connectivity index (χ1n) is 8.03. The van der Waals surface area contributed by atoms with Gasteiger partial charge in [-0.15, -0.1) is 0 Å². The first kappa shape index (κ1) is 16.8. The minimum atomic E-state index is 0.120. The molecular formula is C17H28BrN3. The number of nitrogens with zero attached hydrogens (tertiary/aromatic N) is 2. The summed E-state index contributed by atoms with van der Waals surface area (Å²) in [5.74, 6) is 2.00. The molecule has 21 heavy (non-hydrogen) atoms. The molecule has 118 valence electrons. The molecular weight excluding hydrogens is 326 g/mol. The second-order valence-corrected chi connectivity index (χ2v) is 8.04. The van der Waals surface area contributed by atoms with Gasteiger partial charge in [0.05, 0.1) is 0 Å². The Kier molecular flexibility index (Phi) is 5.67. The van der Waals surface area contributed by atoms with Crippen LogP contribution < -0.4 is 10.2 Å². The first-order chi connectivity index (χ1) is 9.89. The van der Waals surface area contributed by atoms with Gasteiger partial charge >= 0.3 is 0 Å². The van der Waals surface area contributed by atoms with Crippen molar-refractivity contribution in [3.63, 3.8) is 0 Å². The van der Waals surface area contributed by atoms with Crippen LogP contribution in [0.1, 0.15) is 52.5 Å². The summed E-state index contributed by atoms with van der Waals surface area (Å²) in [6.07, 6.45) is 5.84. The molecule has 1 aromatic heterocycles. The zero-order chi connectivity index (χ0) is 15.5. The third-order valence-corrected chi connectivity index (χ3v) is 4.43. The molecule has 0 bridgehead atoms. The molecule has 1 N–H and O–H groups in total. The molecule has 4 heteroatoms. The van der Waals surface area contributed by atoms with E-state index in [1.165, 1.54) is 24.8 Å². The Morgan fingerprint density at radius 2 is 2.19 bits per heavy atom. The Morgan fingerprint density at radius 1 is 1.43 bits per heavy atom. The normalized spacial score (nSPS) is 19.3. The van der Waals surface area contributed by atoms with Gasteiger partial charge in [0, 0.05) is 41.4 Å². The SMILES string of the molecule is CCCC1CCN(c2ncc(Br)cc2CNC(C)(C)C)C1. The lowest BCUT2D eigenvalue weighted by atomic mass is 10.0. The quantitative estimate of drug-likeness (QED) is 0.852. The molecule has 1 aliphatic rings. The lowest BCUT2D eigenvalue weighted by molar-refractivity contribution is 0.424. The highest BCUT2D eigenvalue weighted by molar-refractivity contribution is 9.10. The van der Waals surface area contributed by atoms with Crippen molar-refractivity contribution >= 4 is 21.7 Å². The van der Waals surface area contributed by atoms with Crippen LogP contribution in [0.4, 0.5) is 5.82 Å². The third-order valence-electron chi connectivity index (χ3n) is 4.00. The fourth-order valence-electron chi connectivity index (χ4n) is 2.92. The van der Waals surface area contributed by atoms with Gasteiger partial charge in [-0.3, -0.25) is 0 Å². The summed E-state index contributed by atoms with van der Waals surface area (Å²) in [4.78, 5) is 7.16. The second kappa shape index (κ2) is 7.10. The van der Waals surface area contributed by atoms with Crippen molar-refractivity contribution in [3.05, 3.63) is 22.3 Å².